The van der Waals surface area contributed by atoms with Crippen molar-refractivity contribution in [3.8, 4) is 0 Å². The molecule has 2 aromatic rings. The van der Waals surface area contributed by atoms with Gasteiger partial charge in [0.15, 0.2) is 0 Å². The van der Waals surface area contributed by atoms with Crippen LogP contribution in [0.5, 0.6) is 0 Å². The van der Waals surface area contributed by atoms with E-state index in [1.54, 1.807) is 13.4 Å². The first-order chi connectivity index (χ1) is 16.7. The lowest BCUT2D eigenvalue weighted by Crippen LogP contribution is -2.47. The Morgan fingerprint density at radius 1 is 1.09 bits per heavy atom. The average Bonchev–Trinajstić information content (AvgIpc) is 3.53. The molecule has 0 unspecified atom stereocenters. The largest absolute Gasteiger partial charge is 0.464 e. The molecule has 3 aliphatic rings. The molecule has 3 fully saturated rings. The molecule has 1 N–H and O–H groups in total. The van der Waals surface area contributed by atoms with Gasteiger partial charge in [-0.25, -0.2) is 4.98 Å². The number of rotatable bonds is 8. The first kappa shape index (κ1) is 23.6. The Balaban J connectivity index is 0.981. The summed E-state index contributed by atoms with van der Waals surface area (Å²) in [4.78, 5) is 22.1. The van der Waals surface area contributed by atoms with Crippen LogP contribution in [0.4, 0.5) is 5.82 Å². The molecule has 0 bridgehead atoms. The van der Waals surface area contributed by atoms with Gasteiger partial charge in [-0.05, 0) is 81.9 Å². The van der Waals surface area contributed by atoms with Gasteiger partial charge in [-0.15, -0.1) is 0 Å². The molecule has 1 aliphatic heterocycles. The molecule has 2 aromatic heterocycles. The third-order valence-electron chi connectivity index (χ3n) is 8.40. The molecule has 0 aromatic carbocycles. The lowest BCUT2D eigenvalue weighted by atomic mass is 9.84. The number of carbonyl (C=O) groups excluding carboxylic acids is 1. The predicted molar refractivity (Wildman–Crippen MR) is 134 cm³/mol. The van der Waals surface area contributed by atoms with E-state index in [9.17, 15) is 4.79 Å². The number of aromatic nitrogens is 1. The SMILES string of the molecule is CO[C@H]1CC[C@H](CC(=O)N[C@H]2CC[C@H](CCN3CCN(c4nccc5occc45)CC3)CC2)C1. The van der Waals surface area contributed by atoms with Crippen LogP contribution in [-0.4, -0.2) is 67.8 Å². The molecular formula is C27H40N4O3. The molecule has 2 aliphatic carbocycles. The minimum atomic E-state index is 0.253. The van der Waals surface area contributed by atoms with Crippen LogP contribution in [0.15, 0.2) is 29.0 Å². The summed E-state index contributed by atoms with van der Waals surface area (Å²) in [5.41, 5.74) is 0.914. The van der Waals surface area contributed by atoms with Crippen molar-refractivity contribution in [2.75, 3.05) is 44.7 Å². The van der Waals surface area contributed by atoms with E-state index in [2.05, 4.69) is 20.1 Å². The molecule has 34 heavy (non-hydrogen) atoms. The predicted octanol–water partition coefficient (Wildman–Crippen LogP) is 4.22. The number of hydrogen-bond acceptors (Lipinski definition) is 6. The van der Waals surface area contributed by atoms with Crippen molar-refractivity contribution in [1.29, 1.82) is 0 Å². The van der Waals surface area contributed by atoms with E-state index in [1.807, 2.05) is 18.3 Å². The first-order valence-corrected chi connectivity index (χ1v) is 13.3. The number of nitrogens with one attached hydrogen (secondary N) is 1. The zero-order chi connectivity index (χ0) is 23.3. The Bertz CT molecular complexity index is 931. The maximum absolute atomic E-state index is 12.5. The lowest BCUT2D eigenvalue weighted by Gasteiger charge is -2.37. The fourth-order valence-electron chi connectivity index (χ4n) is 6.25. The maximum atomic E-state index is 12.5. The second kappa shape index (κ2) is 11.1. The Labute approximate surface area is 203 Å². The van der Waals surface area contributed by atoms with E-state index in [4.69, 9.17) is 9.15 Å². The topological polar surface area (TPSA) is 70.8 Å². The second-order valence-corrected chi connectivity index (χ2v) is 10.6. The van der Waals surface area contributed by atoms with Gasteiger partial charge in [0.2, 0.25) is 5.91 Å². The van der Waals surface area contributed by atoms with Gasteiger partial charge in [0.05, 0.1) is 17.8 Å². The Kier molecular flexibility index (Phi) is 7.70. The molecule has 7 nitrogen and oxygen atoms in total. The zero-order valence-corrected chi connectivity index (χ0v) is 20.6. The molecule has 5 rings (SSSR count). The Hall–Kier alpha value is -2.12. The highest BCUT2D eigenvalue weighted by atomic mass is 16.5. The van der Waals surface area contributed by atoms with Crippen LogP contribution in [0, 0.1) is 11.8 Å². The van der Waals surface area contributed by atoms with Crippen LogP contribution in [0.1, 0.15) is 57.8 Å². The highest BCUT2D eigenvalue weighted by Gasteiger charge is 2.28. The number of furan rings is 1. The summed E-state index contributed by atoms with van der Waals surface area (Å²) >= 11 is 0. The normalized spacial score (nSPS) is 28.4. The van der Waals surface area contributed by atoms with Gasteiger partial charge in [-0.1, -0.05) is 0 Å². The highest BCUT2D eigenvalue weighted by molar-refractivity contribution is 5.88. The number of carbonyl (C=O) groups is 1. The summed E-state index contributed by atoms with van der Waals surface area (Å²) in [6.45, 7) is 5.39. The summed E-state index contributed by atoms with van der Waals surface area (Å²) < 4.78 is 11.0. The van der Waals surface area contributed by atoms with Gasteiger partial charge in [0, 0.05) is 51.9 Å². The van der Waals surface area contributed by atoms with Gasteiger partial charge < -0.3 is 19.4 Å². The number of piperazine rings is 1. The standard InChI is InChI=1S/C27H40N4O3/c1-33-23-7-4-21(18-23)19-26(32)29-22-5-2-20(3-6-22)9-12-30-13-15-31(16-14-30)27-24-10-17-34-25(24)8-11-28-27/h8,10-11,17,20-23H,2-7,9,12-16,18-19H2,1H3,(H,29,32)/t20-,21-,22-,23-/m0/s1. The first-order valence-electron chi connectivity index (χ1n) is 13.3. The van der Waals surface area contributed by atoms with Crippen LogP contribution < -0.4 is 10.2 Å². The molecule has 1 amide bonds. The van der Waals surface area contributed by atoms with E-state index in [0.29, 0.717) is 24.5 Å². The lowest BCUT2D eigenvalue weighted by molar-refractivity contribution is -0.123. The molecule has 7 heteroatoms. The van der Waals surface area contributed by atoms with Crippen molar-refractivity contribution in [2.45, 2.75) is 69.9 Å². The zero-order valence-electron chi connectivity index (χ0n) is 20.6. The summed E-state index contributed by atoms with van der Waals surface area (Å²) in [6.07, 6.45) is 13.9. The van der Waals surface area contributed by atoms with Crippen molar-refractivity contribution in [3.05, 3.63) is 24.6 Å². The number of nitrogens with zero attached hydrogens (tertiary/aromatic N) is 3. The van der Waals surface area contributed by atoms with E-state index < -0.39 is 0 Å². The highest BCUT2D eigenvalue weighted by Crippen LogP contribution is 2.31. The van der Waals surface area contributed by atoms with E-state index in [-0.39, 0.29) is 5.91 Å². The van der Waals surface area contributed by atoms with E-state index in [1.165, 1.54) is 25.8 Å². The van der Waals surface area contributed by atoms with Gasteiger partial charge in [0.1, 0.15) is 11.4 Å². The van der Waals surface area contributed by atoms with Gasteiger partial charge in [-0.2, -0.15) is 0 Å². The summed E-state index contributed by atoms with van der Waals surface area (Å²) in [5.74, 6) is 2.61. The summed E-state index contributed by atoms with van der Waals surface area (Å²) in [7, 11) is 1.78. The van der Waals surface area contributed by atoms with Gasteiger partial charge in [0.25, 0.3) is 0 Å². The van der Waals surface area contributed by atoms with E-state index in [0.717, 1.165) is 81.0 Å². The maximum Gasteiger partial charge on any atom is 0.220 e. The van der Waals surface area contributed by atoms with Crippen LogP contribution in [0.3, 0.4) is 0 Å². The summed E-state index contributed by atoms with van der Waals surface area (Å²) in [6, 6.07) is 4.33. The van der Waals surface area contributed by atoms with Gasteiger partial charge in [-0.3, -0.25) is 9.69 Å². The van der Waals surface area contributed by atoms with Crippen molar-refractivity contribution in [1.82, 2.24) is 15.2 Å². The third-order valence-corrected chi connectivity index (χ3v) is 8.40. The van der Waals surface area contributed by atoms with Crippen molar-refractivity contribution >= 4 is 22.7 Å². The monoisotopic (exact) mass is 468 g/mol. The number of fused-ring (bicyclic) bond motifs is 1. The molecular weight excluding hydrogens is 428 g/mol. The fourth-order valence-corrected chi connectivity index (χ4v) is 6.25. The van der Waals surface area contributed by atoms with Crippen molar-refractivity contribution in [3.63, 3.8) is 0 Å². The van der Waals surface area contributed by atoms with Crippen LogP contribution in [0.2, 0.25) is 0 Å². The third kappa shape index (κ3) is 5.74. The minimum Gasteiger partial charge on any atom is -0.464 e. The molecule has 1 saturated heterocycles. The molecule has 2 saturated carbocycles. The Morgan fingerprint density at radius 2 is 1.88 bits per heavy atom. The molecule has 186 valence electrons. The van der Waals surface area contributed by atoms with Gasteiger partial charge >= 0.3 is 0 Å². The average molecular weight is 469 g/mol. The number of ether oxygens (including phenoxy) is 1. The quantitative estimate of drug-likeness (QED) is 0.626. The van der Waals surface area contributed by atoms with E-state index >= 15 is 0 Å². The van der Waals surface area contributed by atoms with Crippen LogP contribution in [-0.2, 0) is 9.53 Å². The molecule has 3 heterocycles. The van der Waals surface area contributed by atoms with Crippen LogP contribution >= 0.6 is 0 Å². The fraction of sp³-hybridized carbons (Fsp3) is 0.704. The second-order valence-electron chi connectivity index (χ2n) is 10.6. The number of hydrogen-bond donors (Lipinski definition) is 1. The Morgan fingerprint density at radius 3 is 2.65 bits per heavy atom. The number of pyridine rings is 1. The summed E-state index contributed by atoms with van der Waals surface area (Å²) in [5, 5.41) is 4.44. The molecule has 0 spiro atoms. The smallest absolute Gasteiger partial charge is 0.220 e. The number of amides is 1. The van der Waals surface area contributed by atoms with Crippen molar-refractivity contribution in [2.24, 2.45) is 11.8 Å². The van der Waals surface area contributed by atoms with Crippen LogP contribution in [0.25, 0.3) is 11.0 Å². The molecule has 0 radical (unpaired) electrons. The van der Waals surface area contributed by atoms with Crippen molar-refractivity contribution < 1.29 is 13.9 Å². The minimum absolute atomic E-state index is 0.253. The number of anilines is 1. The molecule has 2 atom stereocenters. The number of methoxy groups -OCH3 is 1.